The van der Waals surface area contributed by atoms with E-state index in [0.29, 0.717) is 6.54 Å². The fourth-order valence-corrected chi connectivity index (χ4v) is 2.66. The maximum absolute atomic E-state index is 12.4. The molecule has 2 N–H and O–H groups in total. The molecule has 0 aliphatic carbocycles. The fraction of sp³-hybridized carbons (Fsp3) is 0.222. The Morgan fingerprint density at radius 2 is 2.14 bits per heavy atom. The minimum Gasteiger partial charge on any atom is -0.358 e. The molecule has 4 nitrogen and oxygen atoms in total. The average molecular weight is 293 g/mol. The molecule has 0 saturated heterocycles. The van der Waals surface area contributed by atoms with Crippen LogP contribution in [-0.2, 0) is 0 Å². The second-order valence-electron chi connectivity index (χ2n) is 5.38. The van der Waals surface area contributed by atoms with Gasteiger partial charge in [-0.2, -0.15) is 0 Å². The van der Waals surface area contributed by atoms with E-state index in [2.05, 4.69) is 21.4 Å². The Hall–Kier alpha value is -2.62. The average Bonchev–Trinajstić information content (AvgIpc) is 2.88. The van der Waals surface area contributed by atoms with Crippen molar-refractivity contribution in [3.05, 3.63) is 54.0 Å². The van der Waals surface area contributed by atoms with Gasteiger partial charge in [-0.3, -0.25) is 9.78 Å². The van der Waals surface area contributed by atoms with Crippen LogP contribution in [0.4, 0.5) is 0 Å². The van der Waals surface area contributed by atoms with Crippen molar-refractivity contribution < 1.29 is 4.79 Å². The van der Waals surface area contributed by atoms with Gasteiger partial charge in [0, 0.05) is 41.1 Å². The van der Waals surface area contributed by atoms with E-state index in [1.165, 1.54) is 0 Å². The molecule has 1 amide bonds. The van der Waals surface area contributed by atoms with Crippen LogP contribution in [0.3, 0.4) is 0 Å². The number of aromatic amines is 1. The van der Waals surface area contributed by atoms with Gasteiger partial charge >= 0.3 is 0 Å². The lowest BCUT2D eigenvalue weighted by Gasteiger charge is -2.05. The second-order valence-corrected chi connectivity index (χ2v) is 5.38. The van der Waals surface area contributed by atoms with Gasteiger partial charge in [0.05, 0.1) is 5.56 Å². The van der Waals surface area contributed by atoms with Crippen molar-refractivity contribution in [2.75, 3.05) is 6.54 Å². The summed E-state index contributed by atoms with van der Waals surface area (Å²) in [4.78, 5) is 19.8. The SMILES string of the molecule is CCCNC(=O)c1c(C)[nH]c2ccc(-c3cccnc3)cc12. The summed E-state index contributed by atoms with van der Waals surface area (Å²) < 4.78 is 0. The lowest BCUT2D eigenvalue weighted by molar-refractivity contribution is 0.0955. The highest BCUT2D eigenvalue weighted by atomic mass is 16.1. The van der Waals surface area contributed by atoms with Crippen LogP contribution in [-0.4, -0.2) is 22.4 Å². The normalized spacial score (nSPS) is 10.8. The predicted octanol–water partition coefficient (Wildman–Crippen LogP) is 3.68. The molecule has 2 aromatic heterocycles. The zero-order valence-electron chi connectivity index (χ0n) is 12.8. The molecule has 3 rings (SSSR count). The van der Waals surface area contributed by atoms with E-state index in [0.717, 1.165) is 39.7 Å². The standard InChI is InChI=1S/C18H19N3O/c1-3-8-20-18(22)17-12(2)21-16-7-6-13(10-15(16)17)14-5-4-9-19-11-14/h4-7,9-11,21H,3,8H2,1-2H3,(H,20,22). The number of carbonyl (C=O) groups excluding carboxylic acids is 1. The summed E-state index contributed by atoms with van der Waals surface area (Å²) in [6.45, 7) is 4.67. The summed E-state index contributed by atoms with van der Waals surface area (Å²) in [5, 5.41) is 3.91. The number of aromatic nitrogens is 2. The fourth-order valence-electron chi connectivity index (χ4n) is 2.66. The smallest absolute Gasteiger partial charge is 0.253 e. The number of pyridine rings is 1. The lowest BCUT2D eigenvalue weighted by Crippen LogP contribution is -2.24. The molecule has 22 heavy (non-hydrogen) atoms. The highest BCUT2D eigenvalue weighted by Gasteiger charge is 2.16. The molecule has 2 heterocycles. The van der Waals surface area contributed by atoms with Crippen molar-refractivity contribution in [2.45, 2.75) is 20.3 Å². The molecule has 112 valence electrons. The summed E-state index contributed by atoms with van der Waals surface area (Å²) in [6, 6.07) is 10.0. The summed E-state index contributed by atoms with van der Waals surface area (Å²) in [7, 11) is 0. The molecular formula is C18H19N3O. The van der Waals surface area contributed by atoms with E-state index < -0.39 is 0 Å². The molecule has 0 spiro atoms. The molecular weight excluding hydrogens is 274 g/mol. The van der Waals surface area contributed by atoms with Gasteiger partial charge in [-0.15, -0.1) is 0 Å². The van der Waals surface area contributed by atoms with Crippen molar-refractivity contribution >= 4 is 16.8 Å². The van der Waals surface area contributed by atoms with Gasteiger partial charge in [0.1, 0.15) is 0 Å². The molecule has 0 aliphatic rings. The number of carbonyl (C=O) groups is 1. The van der Waals surface area contributed by atoms with Gasteiger partial charge in [-0.1, -0.05) is 19.1 Å². The third-order valence-electron chi connectivity index (χ3n) is 3.74. The number of amides is 1. The van der Waals surface area contributed by atoms with Gasteiger partial charge in [0.2, 0.25) is 0 Å². The zero-order chi connectivity index (χ0) is 15.5. The van der Waals surface area contributed by atoms with Crippen LogP contribution in [0.15, 0.2) is 42.7 Å². The number of nitrogens with one attached hydrogen (secondary N) is 2. The van der Waals surface area contributed by atoms with Crippen LogP contribution in [0.25, 0.3) is 22.0 Å². The maximum atomic E-state index is 12.4. The van der Waals surface area contributed by atoms with Crippen molar-refractivity contribution in [3.63, 3.8) is 0 Å². The van der Waals surface area contributed by atoms with Crippen molar-refractivity contribution in [2.24, 2.45) is 0 Å². The zero-order valence-corrected chi connectivity index (χ0v) is 12.8. The first kappa shape index (κ1) is 14.3. The van der Waals surface area contributed by atoms with Gasteiger partial charge in [-0.05, 0) is 37.1 Å². The van der Waals surface area contributed by atoms with E-state index in [-0.39, 0.29) is 5.91 Å². The van der Waals surface area contributed by atoms with Crippen molar-refractivity contribution in [1.29, 1.82) is 0 Å². The molecule has 0 unspecified atom stereocenters. The van der Waals surface area contributed by atoms with Crippen LogP contribution >= 0.6 is 0 Å². The summed E-state index contributed by atoms with van der Waals surface area (Å²) in [6.07, 6.45) is 4.51. The highest BCUT2D eigenvalue weighted by Crippen LogP contribution is 2.27. The second kappa shape index (κ2) is 6.02. The number of nitrogens with zero attached hydrogens (tertiary/aromatic N) is 1. The molecule has 0 radical (unpaired) electrons. The Kier molecular flexibility index (Phi) is 3.92. The number of rotatable bonds is 4. The Balaban J connectivity index is 2.09. The number of hydrogen-bond donors (Lipinski definition) is 2. The molecule has 3 aromatic rings. The van der Waals surface area contributed by atoms with Crippen LogP contribution in [0.5, 0.6) is 0 Å². The predicted molar refractivity (Wildman–Crippen MR) is 88.9 cm³/mol. The molecule has 4 heteroatoms. The van der Waals surface area contributed by atoms with Gasteiger partial charge < -0.3 is 10.3 Å². The van der Waals surface area contributed by atoms with Gasteiger partial charge in [0.25, 0.3) is 5.91 Å². The van der Waals surface area contributed by atoms with Crippen LogP contribution < -0.4 is 5.32 Å². The Morgan fingerprint density at radius 1 is 1.27 bits per heavy atom. The van der Waals surface area contributed by atoms with Crippen molar-refractivity contribution in [1.82, 2.24) is 15.3 Å². The number of hydrogen-bond acceptors (Lipinski definition) is 2. The Bertz CT molecular complexity index is 806. The van der Waals surface area contributed by atoms with E-state index in [1.807, 2.05) is 44.3 Å². The van der Waals surface area contributed by atoms with Gasteiger partial charge in [-0.25, -0.2) is 0 Å². The maximum Gasteiger partial charge on any atom is 0.253 e. The first-order valence-electron chi connectivity index (χ1n) is 7.51. The first-order valence-corrected chi connectivity index (χ1v) is 7.51. The minimum absolute atomic E-state index is 0.0195. The molecule has 0 fully saturated rings. The number of H-pyrrole nitrogens is 1. The van der Waals surface area contributed by atoms with Crippen molar-refractivity contribution in [3.8, 4) is 11.1 Å². The quantitative estimate of drug-likeness (QED) is 0.771. The van der Waals surface area contributed by atoms with Gasteiger partial charge in [0.15, 0.2) is 0 Å². The lowest BCUT2D eigenvalue weighted by atomic mass is 10.0. The largest absolute Gasteiger partial charge is 0.358 e. The minimum atomic E-state index is -0.0195. The first-order chi connectivity index (χ1) is 10.7. The summed E-state index contributed by atoms with van der Waals surface area (Å²) in [5.41, 5.74) is 4.71. The van der Waals surface area contributed by atoms with E-state index in [1.54, 1.807) is 6.20 Å². The number of aryl methyl sites for hydroxylation is 1. The topological polar surface area (TPSA) is 57.8 Å². The Labute approximate surface area is 129 Å². The molecule has 1 aromatic carbocycles. The van der Waals surface area contributed by atoms with E-state index in [4.69, 9.17) is 0 Å². The summed E-state index contributed by atoms with van der Waals surface area (Å²) >= 11 is 0. The number of fused-ring (bicyclic) bond motifs is 1. The third-order valence-corrected chi connectivity index (χ3v) is 3.74. The van der Waals surface area contributed by atoms with E-state index in [9.17, 15) is 4.79 Å². The summed E-state index contributed by atoms with van der Waals surface area (Å²) in [5.74, 6) is -0.0195. The molecule has 0 bridgehead atoms. The van der Waals surface area contributed by atoms with Crippen LogP contribution in [0, 0.1) is 6.92 Å². The molecule has 0 aliphatic heterocycles. The monoisotopic (exact) mass is 293 g/mol. The molecule has 0 atom stereocenters. The Morgan fingerprint density at radius 3 is 2.86 bits per heavy atom. The van der Waals surface area contributed by atoms with E-state index >= 15 is 0 Å². The number of benzene rings is 1. The van der Waals surface area contributed by atoms with Crippen LogP contribution in [0.2, 0.25) is 0 Å². The van der Waals surface area contributed by atoms with Crippen LogP contribution in [0.1, 0.15) is 29.4 Å². The third kappa shape index (κ3) is 2.60. The highest BCUT2D eigenvalue weighted by molar-refractivity contribution is 6.09. The molecule has 0 saturated carbocycles.